The van der Waals surface area contributed by atoms with E-state index in [-0.39, 0.29) is 22.7 Å². The molecule has 20 rings (SSSR count). The van der Waals surface area contributed by atoms with Crippen molar-refractivity contribution in [3.05, 3.63) is 382 Å². The summed E-state index contributed by atoms with van der Waals surface area (Å²) in [6.45, 7) is 0. The summed E-state index contributed by atoms with van der Waals surface area (Å²) < 4.78 is 196. The minimum absolute atomic E-state index is 0.121. The van der Waals surface area contributed by atoms with E-state index in [1.165, 1.54) is 24.3 Å². The summed E-state index contributed by atoms with van der Waals surface area (Å²) in [6.07, 6.45) is -4.79. The first-order valence-electron chi connectivity index (χ1n) is 38.5. The molecule has 580 valence electrons. The molecular formula is C102H58F12N6. The number of fused-ring (bicyclic) bond motifs is 12. The molecule has 4 heterocycles. The number of nitriles is 2. The van der Waals surface area contributed by atoms with Crippen molar-refractivity contribution >= 4 is 98.4 Å². The van der Waals surface area contributed by atoms with Crippen molar-refractivity contribution < 1.29 is 52.7 Å². The SMILES string of the molecule is N#Cc1cc(-n2c3ccccc3c3cc(=C4C=CC=CC4)c(=c4cc5c6ccccc6n(-c6cc(C#N)c(-c7c(C(F)(F)F)cccc7C(F)(F)F)cc6-n6c7ccccc7c7ccc(-c8ccccc8)cc76)c5cc4=C4C=CC=CC4)cc32)c(-n2c3ccccc3c3cc(-c4ccccc4)ccc32)cc1-c1c(C(F)(F)F)cccc1C(F)(F)F. The van der Waals surface area contributed by atoms with Crippen LogP contribution in [0.5, 0.6) is 0 Å². The average molecular weight is 1600 g/mol. The maximum atomic E-state index is 15.7. The van der Waals surface area contributed by atoms with Gasteiger partial charge in [-0.1, -0.05) is 212 Å². The Balaban J connectivity index is 0.948. The Kier molecular flexibility index (Phi) is 17.2. The third kappa shape index (κ3) is 12.0. The van der Waals surface area contributed by atoms with Crippen LogP contribution in [0.25, 0.3) is 166 Å². The van der Waals surface area contributed by atoms with Crippen LogP contribution >= 0.6 is 0 Å². The first-order valence-corrected chi connectivity index (χ1v) is 38.5. The number of allylic oxidation sites excluding steroid dienone is 8. The Labute approximate surface area is 675 Å². The van der Waals surface area contributed by atoms with Crippen molar-refractivity contribution in [2.24, 2.45) is 0 Å². The van der Waals surface area contributed by atoms with Gasteiger partial charge in [0.2, 0.25) is 0 Å². The molecule has 0 spiro atoms. The van der Waals surface area contributed by atoms with Gasteiger partial charge in [-0.15, -0.1) is 0 Å². The van der Waals surface area contributed by atoms with Gasteiger partial charge in [-0.2, -0.15) is 63.2 Å². The molecule has 0 unspecified atom stereocenters. The van der Waals surface area contributed by atoms with Gasteiger partial charge in [-0.25, -0.2) is 0 Å². The lowest BCUT2D eigenvalue weighted by atomic mass is 9.89. The minimum Gasteiger partial charge on any atom is -0.307 e. The van der Waals surface area contributed by atoms with Gasteiger partial charge in [0.15, 0.2) is 0 Å². The van der Waals surface area contributed by atoms with Crippen LogP contribution in [-0.2, 0) is 24.7 Å². The van der Waals surface area contributed by atoms with Crippen LogP contribution in [0, 0.1) is 33.1 Å². The monoisotopic (exact) mass is 1590 g/mol. The van der Waals surface area contributed by atoms with Crippen LogP contribution in [0.2, 0.25) is 0 Å². The van der Waals surface area contributed by atoms with E-state index in [9.17, 15) is 10.5 Å². The molecule has 14 aromatic carbocycles. The zero-order valence-corrected chi connectivity index (χ0v) is 62.8. The first kappa shape index (κ1) is 74.0. The van der Waals surface area contributed by atoms with E-state index < -0.39 is 80.3 Å². The standard InChI is InChI=1S/C102H58F12N6/c103-99(104,105)81-35-21-36-82(100(106,107)108)97(81)74-54-95(117-86-40-18-14-32-68(86)78-47-63(44-46-89(78)117)59-23-5-1-6-24-59)93(49-65(74)57-115)120-87-41-19-15-33-69(87)79-51-72(61-27-9-3-10-28-61)77(56-92(79)120)76-52-80-70-34-16-20-42-88(70)119(91(80)53-73(76)62-29-11-4-12-30-62)94-50-66(58-116)75(98-83(101(109,110)111)37-22-38-84(98)102(112,113)114)55-96(94)118-85-39-17-13-31-67(85)71-45-43-64(48-90(71)118)60-25-7-2-8-26-60/h1-27,29,31-56H,28,30H2. The highest BCUT2D eigenvalue weighted by Crippen LogP contribution is 2.52. The molecule has 18 aromatic rings. The van der Waals surface area contributed by atoms with E-state index in [1.54, 1.807) is 12.1 Å². The van der Waals surface area contributed by atoms with Crippen molar-refractivity contribution in [2.75, 3.05) is 0 Å². The van der Waals surface area contributed by atoms with Gasteiger partial charge in [0.1, 0.15) is 0 Å². The van der Waals surface area contributed by atoms with E-state index in [0.29, 0.717) is 152 Å². The van der Waals surface area contributed by atoms with E-state index in [4.69, 9.17) is 0 Å². The summed E-state index contributed by atoms with van der Waals surface area (Å²) in [4.78, 5) is 0. The quantitative estimate of drug-likeness (QED) is 0.142. The Morgan fingerprint density at radius 2 is 0.567 bits per heavy atom. The molecule has 0 amide bonds. The highest BCUT2D eigenvalue weighted by Gasteiger charge is 2.44. The Morgan fingerprint density at radius 3 is 0.975 bits per heavy atom. The number of nitrogens with zero attached hydrogens (tertiary/aromatic N) is 6. The van der Waals surface area contributed by atoms with Crippen molar-refractivity contribution in [3.63, 3.8) is 0 Å². The van der Waals surface area contributed by atoms with Gasteiger partial charge in [0.25, 0.3) is 0 Å². The first-order chi connectivity index (χ1) is 58.0. The Bertz CT molecular complexity index is 7860. The predicted molar refractivity (Wildman–Crippen MR) is 451 cm³/mol. The summed E-state index contributed by atoms with van der Waals surface area (Å²) >= 11 is 0. The zero-order chi connectivity index (χ0) is 82.4. The van der Waals surface area contributed by atoms with E-state index in [0.717, 1.165) is 38.6 Å². The van der Waals surface area contributed by atoms with Crippen LogP contribution < -0.4 is 10.4 Å². The van der Waals surface area contributed by atoms with Gasteiger partial charge in [0, 0.05) is 65.3 Å². The normalized spacial score (nSPS) is 14.6. The van der Waals surface area contributed by atoms with Crippen molar-refractivity contribution in [3.8, 4) is 79.4 Å². The number of benzene rings is 14. The summed E-state index contributed by atoms with van der Waals surface area (Å²) in [6, 6.07) is 81.9. The van der Waals surface area contributed by atoms with Crippen LogP contribution in [0.15, 0.2) is 328 Å². The average Bonchev–Trinajstić information content (AvgIpc) is 1.54. The van der Waals surface area contributed by atoms with Crippen molar-refractivity contribution in [1.29, 1.82) is 10.5 Å². The number of halogens is 12. The summed E-state index contributed by atoms with van der Waals surface area (Å²) in [7, 11) is 0. The van der Waals surface area contributed by atoms with Crippen LogP contribution in [-0.4, -0.2) is 18.3 Å². The second kappa shape index (κ2) is 27.9. The van der Waals surface area contributed by atoms with E-state index in [1.807, 2.05) is 261 Å². The highest BCUT2D eigenvalue weighted by molar-refractivity contribution is 6.15. The molecule has 6 nitrogen and oxygen atoms in total. The summed E-state index contributed by atoms with van der Waals surface area (Å²) in [5.41, 5.74) is -1.14. The van der Waals surface area contributed by atoms with Crippen LogP contribution in [0.3, 0.4) is 0 Å². The molecule has 0 atom stereocenters. The largest absolute Gasteiger partial charge is 0.417 e. The number of hydrogen-bond acceptors (Lipinski definition) is 2. The van der Waals surface area contributed by atoms with Gasteiger partial charge in [0.05, 0.1) is 112 Å². The molecule has 0 saturated heterocycles. The van der Waals surface area contributed by atoms with Crippen molar-refractivity contribution in [1.82, 2.24) is 18.3 Å². The number of rotatable bonds is 8. The van der Waals surface area contributed by atoms with E-state index >= 15 is 52.7 Å². The number of alkyl halides is 12. The summed E-state index contributed by atoms with van der Waals surface area (Å²) in [5.74, 6) is 0. The highest BCUT2D eigenvalue weighted by atomic mass is 19.4. The molecule has 18 heteroatoms. The molecule has 2 aliphatic rings. The topological polar surface area (TPSA) is 67.3 Å². The van der Waals surface area contributed by atoms with Crippen molar-refractivity contribution in [2.45, 2.75) is 37.5 Å². The second-order valence-electron chi connectivity index (χ2n) is 29.9. The molecular weight excluding hydrogens is 1540 g/mol. The fourth-order valence-corrected chi connectivity index (χ4v) is 18.1. The Hall–Kier alpha value is -14.9. The zero-order valence-electron chi connectivity index (χ0n) is 62.8. The maximum Gasteiger partial charge on any atom is 0.417 e. The molecule has 120 heavy (non-hydrogen) atoms. The molecule has 0 fully saturated rings. The fraction of sp³-hybridized carbons (Fsp3) is 0.0588. The minimum atomic E-state index is -5.34. The summed E-state index contributed by atoms with van der Waals surface area (Å²) in [5, 5.41) is 31.4. The lowest BCUT2D eigenvalue weighted by Gasteiger charge is -2.23. The molecule has 4 aromatic heterocycles. The molecule has 0 N–H and O–H groups in total. The number of hydrogen-bond donors (Lipinski definition) is 0. The van der Waals surface area contributed by atoms with Crippen LogP contribution in [0.4, 0.5) is 52.7 Å². The third-order valence-electron chi connectivity index (χ3n) is 23.3. The van der Waals surface area contributed by atoms with Gasteiger partial charge in [-0.05, 0) is 182 Å². The number of para-hydroxylation sites is 4. The Morgan fingerprint density at radius 1 is 0.250 bits per heavy atom. The third-order valence-corrected chi connectivity index (χ3v) is 23.3. The van der Waals surface area contributed by atoms with E-state index in [2.05, 4.69) is 24.3 Å². The molecule has 0 bridgehead atoms. The predicted octanol–water partition coefficient (Wildman–Crippen LogP) is 27.2. The second-order valence-corrected chi connectivity index (χ2v) is 29.9. The van der Waals surface area contributed by atoms with Gasteiger partial charge in [-0.3, -0.25) is 0 Å². The van der Waals surface area contributed by atoms with Gasteiger partial charge < -0.3 is 18.3 Å². The lowest BCUT2D eigenvalue weighted by molar-refractivity contribution is -0.143. The fourth-order valence-electron chi connectivity index (χ4n) is 18.1. The molecule has 0 radical (unpaired) electrons. The lowest BCUT2D eigenvalue weighted by Crippen LogP contribution is -2.16. The molecule has 0 saturated carbocycles. The molecule has 2 aliphatic carbocycles. The maximum absolute atomic E-state index is 15.7. The van der Waals surface area contributed by atoms with Crippen LogP contribution in [0.1, 0.15) is 46.2 Å². The molecule has 0 aliphatic heterocycles. The number of aromatic nitrogens is 4. The smallest absolute Gasteiger partial charge is 0.307 e. The van der Waals surface area contributed by atoms with Gasteiger partial charge >= 0.3 is 24.7 Å².